The summed E-state index contributed by atoms with van der Waals surface area (Å²) in [7, 11) is -24.9. The van der Waals surface area contributed by atoms with Crippen molar-refractivity contribution < 1.29 is 95.6 Å². The van der Waals surface area contributed by atoms with Crippen LogP contribution in [0.5, 0.6) is 0 Å². The highest BCUT2D eigenvalue weighted by Crippen LogP contribution is 2.83. The number of nitrogens with one attached hydrogen (secondary N) is 1. The summed E-state index contributed by atoms with van der Waals surface area (Å²) in [5.74, 6) is 0. The molecule has 3 rings (SSSR count). The second-order valence-corrected chi connectivity index (χ2v) is 19.1. The highest BCUT2D eigenvalue weighted by atomic mass is 35.5. The second kappa shape index (κ2) is 14.4. The Hall–Kier alpha value is -0.460. The molecule has 0 amide bonds. The number of phosphoric acid groups is 2. The lowest BCUT2D eigenvalue weighted by Crippen LogP contribution is -2.58. The third-order valence-electron chi connectivity index (χ3n) is 6.06. The number of nitrogens with zero attached hydrogens (tertiary/aromatic N) is 1. The van der Waals surface area contributed by atoms with Crippen molar-refractivity contribution in [2.45, 2.75) is 59.1 Å². The number of H-pyrrole nitrogens is 1. The smallest absolute Gasteiger partial charge is 0.394 e. The molecule has 11 N–H and O–H groups in total. The molecule has 0 aliphatic carbocycles. The number of hydrogen-bond donors (Lipinski definition) is 11. The third kappa shape index (κ3) is 8.63. The zero-order valence-corrected chi connectivity index (χ0v) is 27.2. The molecular weight excluding hydrogens is 767 g/mol. The Labute approximate surface area is 264 Å². The summed E-state index contributed by atoms with van der Waals surface area (Å²) in [6.07, 6.45) is -17.1. The third-order valence-corrected chi connectivity index (χ3v) is 15.9. The quantitative estimate of drug-likeness (QED) is 0.0687. The molecule has 0 bridgehead atoms. The van der Waals surface area contributed by atoms with Crippen LogP contribution in [0.15, 0.2) is 21.9 Å². The molecule has 30 heteroatoms. The Morgan fingerprint density at radius 2 is 1.37 bits per heavy atom. The van der Waals surface area contributed by atoms with Crippen molar-refractivity contribution in [3.05, 3.63) is 33.1 Å². The molecule has 4 unspecified atom stereocenters. The zero-order chi connectivity index (χ0) is 35.2. The molecule has 266 valence electrons. The number of aliphatic hydroxyl groups is 6. The molecule has 2 aliphatic rings. The summed E-state index contributed by atoms with van der Waals surface area (Å²) in [5, 5.41) is 58.9. The molecule has 2 saturated heterocycles. The first kappa shape index (κ1) is 40.0. The first-order chi connectivity index (χ1) is 20.9. The van der Waals surface area contributed by atoms with Gasteiger partial charge in [0.2, 0.25) is 0 Å². The van der Waals surface area contributed by atoms with E-state index < -0.39 is 114 Å². The van der Waals surface area contributed by atoms with Crippen LogP contribution < -0.4 is 11.2 Å². The number of aliphatic hydroxyl groups excluding tert-OH is 6. The molecular formula is C16H26Cl2N2O22P4. The van der Waals surface area contributed by atoms with Crippen LogP contribution in [0.4, 0.5) is 0 Å². The fourth-order valence-electron chi connectivity index (χ4n) is 3.76. The van der Waals surface area contributed by atoms with Gasteiger partial charge in [0.25, 0.3) is 5.56 Å². The normalized spacial score (nSPS) is 35.9. The lowest BCUT2D eigenvalue weighted by Gasteiger charge is -2.39. The Bertz CT molecular complexity index is 1570. The fourth-order valence-corrected chi connectivity index (χ4v) is 10.9. The molecule has 0 saturated carbocycles. The van der Waals surface area contributed by atoms with E-state index in [-0.39, 0.29) is 0 Å². The first-order valence-electron chi connectivity index (χ1n) is 11.9. The molecule has 0 aromatic carbocycles. The molecule has 46 heavy (non-hydrogen) atoms. The second-order valence-electron chi connectivity index (χ2n) is 9.31. The summed E-state index contributed by atoms with van der Waals surface area (Å²) in [6.45, 7) is -2.30. The van der Waals surface area contributed by atoms with E-state index in [2.05, 4.69) is 17.7 Å². The van der Waals surface area contributed by atoms with Crippen molar-refractivity contribution in [2.24, 2.45) is 0 Å². The summed E-state index contributed by atoms with van der Waals surface area (Å²) in [6, 6.07) is 0.855. The molecule has 1 aromatic rings. The molecule has 13 atom stereocenters. The number of aromatic amines is 1. The van der Waals surface area contributed by atoms with Gasteiger partial charge in [-0.05, 0) is 0 Å². The predicted octanol–water partition coefficient (Wildman–Crippen LogP) is -3.32. The molecule has 0 spiro atoms. The minimum absolute atomic E-state index is 0.626. The summed E-state index contributed by atoms with van der Waals surface area (Å²) in [5.41, 5.74) is -1.92. The van der Waals surface area contributed by atoms with Crippen LogP contribution in [-0.2, 0) is 45.4 Å². The highest BCUT2D eigenvalue weighted by Gasteiger charge is 2.66. The van der Waals surface area contributed by atoms with E-state index >= 15 is 0 Å². The number of alkyl halides is 2. The van der Waals surface area contributed by atoms with Gasteiger partial charge < -0.3 is 59.7 Å². The van der Waals surface area contributed by atoms with Gasteiger partial charge in [-0.25, -0.2) is 22.5 Å². The zero-order valence-electron chi connectivity index (χ0n) is 22.1. The van der Waals surface area contributed by atoms with Gasteiger partial charge in [0.15, 0.2) is 12.5 Å². The van der Waals surface area contributed by atoms with Crippen molar-refractivity contribution >= 4 is 54.0 Å². The molecule has 1 aromatic heterocycles. The van der Waals surface area contributed by atoms with E-state index in [1.54, 1.807) is 0 Å². The van der Waals surface area contributed by atoms with Crippen molar-refractivity contribution in [3.63, 3.8) is 0 Å². The van der Waals surface area contributed by atoms with E-state index in [0.717, 1.165) is 12.3 Å². The minimum atomic E-state index is -6.46. The molecule has 24 nitrogen and oxygen atoms in total. The fraction of sp³-hybridized carbons (Fsp3) is 0.750. The van der Waals surface area contributed by atoms with Gasteiger partial charge in [0.05, 0.1) is 13.2 Å². The highest BCUT2D eigenvalue weighted by molar-refractivity contribution is 7.83. The average molecular weight is 793 g/mol. The predicted molar refractivity (Wildman–Crippen MR) is 144 cm³/mol. The van der Waals surface area contributed by atoms with Crippen molar-refractivity contribution in [1.29, 1.82) is 0 Å². The largest absolute Gasteiger partial charge is 0.481 e. The van der Waals surface area contributed by atoms with Gasteiger partial charge in [-0.1, -0.05) is 23.2 Å². The minimum Gasteiger partial charge on any atom is -0.394 e. The van der Waals surface area contributed by atoms with Gasteiger partial charge in [-0.3, -0.25) is 32.5 Å². The van der Waals surface area contributed by atoms with E-state index in [9.17, 15) is 73.0 Å². The van der Waals surface area contributed by atoms with E-state index in [4.69, 9.17) is 37.8 Å². The van der Waals surface area contributed by atoms with Crippen LogP contribution in [0.2, 0.25) is 0 Å². The SMILES string of the molecule is O=c1ccn([C@@H]2O[C@H](COP(=O)(O)OP(=O)(O)C(Cl)(Cl)P(=O)(O)OP(=O)(O)O[C@H]3O[C@H](CO)[C@@H](O)[C@H](O)[C@H]3O)[C@@H](O)[C@H]2O)c(=O)[nH]1. The number of aromatic nitrogens is 2. The molecule has 0 radical (unpaired) electrons. The van der Waals surface area contributed by atoms with Crippen LogP contribution in [0, 0.1) is 0 Å². The van der Waals surface area contributed by atoms with Crippen LogP contribution in [0.1, 0.15) is 6.23 Å². The molecule has 3 heterocycles. The van der Waals surface area contributed by atoms with Crippen LogP contribution in [-0.4, -0.2) is 126 Å². The van der Waals surface area contributed by atoms with Crippen molar-refractivity contribution in [3.8, 4) is 0 Å². The molecule has 2 fully saturated rings. The Morgan fingerprint density at radius 1 is 0.826 bits per heavy atom. The van der Waals surface area contributed by atoms with Gasteiger partial charge in [0, 0.05) is 12.3 Å². The maximum Gasteiger partial charge on any atom is 0.481 e. The van der Waals surface area contributed by atoms with E-state index in [1.807, 2.05) is 4.98 Å². The van der Waals surface area contributed by atoms with Crippen LogP contribution >= 0.6 is 54.0 Å². The number of hydrogen-bond acceptors (Lipinski definition) is 18. The number of ether oxygens (including phenoxy) is 2. The summed E-state index contributed by atoms with van der Waals surface area (Å²) >= 11 is 10.9. The number of phosphoric ester groups is 2. The lowest BCUT2D eigenvalue weighted by atomic mass is 10.00. The standard InChI is InChI=1S/C16H26Cl2N2O22P4/c17-16(18,44(31,32)42-46(35,36)40-14-12(27)10(25)8(23)5(3-21)39-14)43(29,30)41-45(33,34)37-4-6-9(24)11(26)13(38-6)20-2-1-7(22)19-15(20)28/h1-2,5-6,8-14,21,23-27H,3-4H2,(H,29,30)(H,31,32)(H,33,34)(H,35,36)(H,19,22,28)/t5-,6-,8-,9-,10+,11-,12-,13-,14-/m1/s1. The molecule has 2 aliphatic heterocycles. The van der Waals surface area contributed by atoms with E-state index in [0.29, 0.717) is 4.57 Å². The van der Waals surface area contributed by atoms with Gasteiger partial charge in [-0.15, -0.1) is 0 Å². The van der Waals surface area contributed by atoms with E-state index in [1.165, 1.54) is 0 Å². The maximum absolute atomic E-state index is 12.7. The van der Waals surface area contributed by atoms with Crippen molar-refractivity contribution in [1.82, 2.24) is 9.55 Å². The lowest BCUT2D eigenvalue weighted by molar-refractivity contribution is -0.280. The number of rotatable bonds is 13. The average Bonchev–Trinajstić information content (AvgIpc) is 3.19. The monoisotopic (exact) mass is 792 g/mol. The Balaban J connectivity index is 1.69. The van der Waals surface area contributed by atoms with Crippen LogP contribution in [0.3, 0.4) is 0 Å². The van der Waals surface area contributed by atoms with Crippen molar-refractivity contribution in [2.75, 3.05) is 13.2 Å². The van der Waals surface area contributed by atoms with Gasteiger partial charge in [-0.2, -0.15) is 0 Å². The summed E-state index contributed by atoms with van der Waals surface area (Å²) in [4.78, 5) is 65.1. The van der Waals surface area contributed by atoms with Gasteiger partial charge in [0.1, 0.15) is 42.7 Å². The van der Waals surface area contributed by atoms with Crippen LogP contribution in [0.25, 0.3) is 0 Å². The van der Waals surface area contributed by atoms with Gasteiger partial charge >= 0.3 is 40.3 Å². The topological polar surface area (TPSA) is 381 Å². The number of halogens is 2. The first-order valence-corrected chi connectivity index (χ1v) is 18.8. The Morgan fingerprint density at radius 3 is 1.91 bits per heavy atom. The summed E-state index contributed by atoms with van der Waals surface area (Å²) < 4.78 is 73.0. The Kier molecular flexibility index (Phi) is 12.5. The maximum atomic E-state index is 12.7.